The van der Waals surface area contributed by atoms with Crippen LogP contribution in [0.15, 0.2) is 70.1 Å². The molecule has 0 unspecified atom stereocenters. The minimum atomic E-state index is -0.557. The van der Waals surface area contributed by atoms with Crippen LogP contribution in [0, 0.1) is 25.5 Å². The SMILES string of the molecule is Cc1ccc(NC(=O)Cn2cc(-c3nc(-c4cccc(F)c4)no3)c(=O)c3ccc(C)nc32)c(F)c1. The van der Waals surface area contributed by atoms with Gasteiger partial charge in [-0.1, -0.05) is 23.4 Å². The summed E-state index contributed by atoms with van der Waals surface area (Å²) < 4.78 is 34.6. The Morgan fingerprint density at radius 2 is 1.89 bits per heavy atom. The Morgan fingerprint density at radius 3 is 2.67 bits per heavy atom. The number of fused-ring (bicyclic) bond motifs is 1. The van der Waals surface area contributed by atoms with E-state index < -0.39 is 23.0 Å². The van der Waals surface area contributed by atoms with E-state index in [4.69, 9.17) is 4.52 Å². The maximum absolute atomic E-state index is 14.2. The Bertz CT molecular complexity index is 1690. The van der Waals surface area contributed by atoms with E-state index in [0.29, 0.717) is 11.3 Å². The highest BCUT2D eigenvalue weighted by Gasteiger charge is 2.19. The molecule has 1 amide bonds. The van der Waals surface area contributed by atoms with Crippen LogP contribution in [0.2, 0.25) is 0 Å². The predicted octanol–water partition coefficient (Wildman–Crippen LogP) is 4.65. The van der Waals surface area contributed by atoms with E-state index >= 15 is 0 Å². The molecule has 0 aliphatic heterocycles. The number of hydrogen-bond donors (Lipinski definition) is 1. The van der Waals surface area contributed by atoms with Crippen molar-refractivity contribution in [2.45, 2.75) is 20.4 Å². The fourth-order valence-electron chi connectivity index (χ4n) is 3.78. The van der Waals surface area contributed by atoms with Gasteiger partial charge in [-0.3, -0.25) is 9.59 Å². The minimum Gasteiger partial charge on any atom is -0.333 e. The number of amides is 1. The van der Waals surface area contributed by atoms with Gasteiger partial charge in [-0.25, -0.2) is 13.8 Å². The van der Waals surface area contributed by atoms with Crippen LogP contribution in [-0.4, -0.2) is 25.6 Å². The van der Waals surface area contributed by atoms with Crippen LogP contribution in [0.4, 0.5) is 14.5 Å². The van der Waals surface area contributed by atoms with Gasteiger partial charge in [-0.05, 0) is 55.8 Å². The second-order valence-corrected chi connectivity index (χ2v) is 8.29. The van der Waals surface area contributed by atoms with Crippen molar-refractivity contribution >= 4 is 22.6 Å². The summed E-state index contributed by atoms with van der Waals surface area (Å²) in [4.78, 5) is 34.7. The zero-order chi connectivity index (χ0) is 25.4. The van der Waals surface area contributed by atoms with Crippen LogP contribution in [0.3, 0.4) is 0 Å². The molecule has 5 aromatic rings. The lowest BCUT2D eigenvalue weighted by molar-refractivity contribution is -0.116. The monoisotopic (exact) mass is 487 g/mol. The van der Waals surface area contributed by atoms with E-state index in [1.54, 1.807) is 38.1 Å². The summed E-state index contributed by atoms with van der Waals surface area (Å²) in [7, 11) is 0. The van der Waals surface area contributed by atoms with Gasteiger partial charge in [0.25, 0.3) is 5.89 Å². The zero-order valence-electron chi connectivity index (χ0n) is 19.3. The quantitative estimate of drug-likeness (QED) is 0.387. The van der Waals surface area contributed by atoms with Crippen LogP contribution in [-0.2, 0) is 11.3 Å². The van der Waals surface area contributed by atoms with Gasteiger partial charge in [0.05, 0.1) is 11.1 Å². The first-order valence-corrected chi connectivity index (χ1v) is 11.0. The Labute approximate surface area is 203 Å². The topological polar surface area (TPSA) is 103 Å². The molecule has 0 saturated heterocycles. The number of nitrogens with zero attached hydrogens (tertiary/aromatic N) is 4. The molecule has 0 radical (unpaired) electrons. The van der Waals surface area contributed by atoms with Crippen LogP contribution >= 0.6 is 0 Å². The molecule has 0 saturated carbocycles. The first kappa shape index (κ1) is 23.0. The number of benzene rings is 2. The number of rotatable bonds is 5. The maximum Gasteiger partial charge on any atom is 0.263 e. The first-order chi connectivity index (χ1) is 17.3. The molecular weight excluding hydrogens is 468 g/mol. The average Bonchev–Trinajstić information content (AvgIpc) is 3.33. The summed E-state index contributed by atoms with van der Waals surface area (Å²) >= 11 is 0. The van der Waals surface area contributed by atoms with Crippen LogP contribution < -0.4 is 10.7 Å². The van der Waals surface area contributed by atoms with Gasteiger partial charge in [0.1, 0.15) is 29.4 Å². The number of carbonyl (C=O) groups excluding carboxylic acids is 1. The van der Waals surface area contributed by atoms with Crippen molar-refractivity contribution in [2.75, 3.05) is 5.32 Å². The van der Waals surface area contributed by atoms with Crippen molar-refractivity contribution in [3.05, 3.63) is 93.9 Å². The summed E-state index contributed by atoms with van der Waals surface area (Å²) in [6.45, 7) is 3.24. The number of nitrogens with one attached hydrogen (secondary N) is 1. The maximum atomic E-state index is 14.2. The molecule has 3 aromatic heterocycles. The van der Waals surface area contributed by atoms with E-state index in [1.165, 1.54) is 41.1 Å². The van der Waals surface area contributed by atoms with Gasteiger partial charge in [0.15, 0.2) is 0 Å². The first-order valence-electron chi connectivity index (χ1n) is 11.0. The van der Waals surface area contributed by atoms with Crippen molar-refractivity contribution in [2.24, 2.45) is 0 Å². The fraction of sp³-hybridized carbons (Fsp3) is 0.115. The van der Waals surface area contributed by atoms with E-state index in [9.17, 15) is 18.4 Å². The normalized spacial score (nSPS) is 11.1. The Balaban J connectivity index is 1.55. The highest BCUT2D eigenvalue weighted by Crippen LogP contribution is 2.23. The van der Waals surface area contributed by atoms with Gasteiger partial charge in [-0.2, -0.15) is 4.98 Å². The lowest BCUT2D eigenvalue weighted by atomic mass is 10.1. The molecule has 10 heteroatoms. The Hall–Kier alpha value is -4.73. The zero-order valence-corrected chi connectivity index (χ0v) is 19.3. The number of halogens is 2. The number of aromatic nitrogens is 4. The second kappa shape index (κ2) is 9.14. The largest absolute Gasteiger partial charge is 0.333 e. The standard InChI is InChI=1S/C26H19F2N5O3/c1-14-6-9-21(20(28)10-14)30-22(34)13-33-12-19(23(35)18-8-7-15(2)29-25(18)33)26-31-24(32-36-26)16-4-3-5-17(27)11-16/h3-12H,13H2,1-2H3,(H,30,34). The molecule has 1 N–H and O–H groups in total. The van der Waals surface area contributed by atoms with Gasteiger partial charge < -0.3 is 14.4 Å². The molecular formula is C26H19F2N5O3. The molecule has 0 spiro atoms. The molecule has 3 heterocycles. The minimum absolute atomic E-state index is 0.0388. The van der Waals surface area contributed by atoms with E-state index in [1.807, 2.05) is 0 Å². The highest BCUT2D eigenvalue weighted by molar-refractivity contribution is 5.92. The molecule has 0 fully saturated rings. The van der Waals surface area contributed by atoms with Gasteiger partial charge in [0.2, 0.25) is 17.2 Å². The smallest absolute Gasteiger partial charge is 0.263 e. The molecule has 0 atom stereocenters. The van der Waals surface area contributed by atoms with Gasteiger partial charge >= 0.3 is 0 Å². The van der Waals surface area contributed by atoms with Crippen molar-refractivity contribution in [1.82, 2.24) is 19.7 Å². The van der Waals surface area contributed by atoms with Crippen LogP contribution in [0.5, 0.6) is 0 Å². The van der Waals surface area contributed by atoms with E-state index in [-0.39, 0.29) is 40.5 Å². The molecule has 180 valence electrons. The Morgan fingerprint density at radius 1 is 1.06 bits per heavy atom. The average molecular weight is 487 g/mol. The highest BCUT2D eigenvalue weighted by atomic mass is 19.1. The van der Waals surface area contributed by atoms with E-state index in [2.05, 4.69) is 20.4 Å². The lowest BCUT2D eigenvalue weighted by Gasteiger charge is -2.13. The summed E-state index contributed by atoms with van der Waals surface area (Å²) in [6, 6.07) is 13.4. The number of carbonyl (C=O) groups is 1. The summed E-state index contributed by atoms with van der Waals surface area (Å²) in [5, 5.41) is 6.64. The van der Waals surface area contributed by atoms with Crippen LogP contribution in [0.1, 0.15) is 11.3 Å². The number of anilines is 1. The van der Waals surface area contributed by atoms with Gasteiger partial charge in [-0.15, -0.1) is 0 Å². The molecule has 5 rings (SSSR count). The fourth-order valence-corrected chi connectivity index (χ4v) is 3.78. The lowest BCUT2D eigenvalue weighted by Crippen LogP contribution is -2.22. The van der Waals surface area contributed by atoms with Crippen molar-refractivity contribution in [3.8, 4) is 22.8 Å². The van der Waals surface area contributed by atoms with Gasteiger partial charge in [0, 0.05) is 17.5 Å². The molecule has 0 bridgehead atoms. The summed E-state index contributed by atoms with van der Waals surface area (Å²) in [6.07, 6.45) is 1.39. The number of pyridine rings is 2. The van der Waals surface area contributed by atoms with Crippen LogP contribution in [0.25, 0.3) is 33.9 Å². The third-order valence-corrected chi connectivity index (χ3v) is 5.51. The third-order valence-electron chi connectivity index (χ3n) is 5.51. The predicted molar refractivity (Wildman–Crippen MR) is 129 cm³/mol. The second-order valence-electron chi connectivity index (χ2n) is 8.29. The van der Waals surface area contributed by atoms with Crippen molar-refractivity contribution < 1.29 is 18.1 Å². The molecule has 2 aromatic carbocycles. The molecule has 8 nitrogen and oxygen atoms in total. The molecule has 36 heavy (non-hydrogen) atoms. The number of aryl methyl sites for hydroxylation is 2. The summed E-state index contributed by atoms with van der Waals surface area (Å²) in [5.41, 5.74) is 1.66. The van der Waals surface area contributed by atoms with E-state index in [0.717, 1.165) is 5.56 Å². The van der Waals surface area contributed by atoms with Crippen molar-refractivity contribution in [1.29, 1.82) is 0 Å². The summed E-state index contributed by atoms with van der Waals surface area (Å²) in [5.74, 6) is -1.54. The number of hydrogen-bond acceptors (Lipinski definition) is 6. The molecule has 0 aliphatic rings. The third kappa shape index (κ3) is 4.48. The Kier molecular flexibility index (Phi) is 5.85. The molecule has 0 aliphatic carbocycles. The van der Waals surface area contributed by atoms with Crippen molar-refractivity contribution in [3.63, 3.8) is 0 Å².